The summed E-state index contributed by atoms with van der Waals surface area (Å²) in [5.41, 5.74) is 8.74. The second-order valence-electron chi connectivity index (χ2n) is 16.2. The number of methoxy groups -OCH3 is 1. The summed E-state index contributed by atoms with van der Waals surface area (Å²) in [5.74, 6) is -0.412. The Morgan fingerprint density at radius 3 is 2.54 bits per heavy atom. The van der Waals surface area contributed by atoms with Gasteiger partial charge in [-0.1, -0.05) is 36.2 Å². The van der Waals surface area contributed by atoms with Crippen LogP contribution in [0.5, 0.6) is 17.2 Å². The number of amides is 3. The standard InChI is InChI=1S/C45H59ClN6O7/c1-28(2)59-40-16-13-30(20-41(40)58-3)45(57)52-25-32-24-51(42(54)21-31-23-49-39-22-33(46)14-15-35(31)39)27-37(36(32)26-52)43(55)50-38(44(56)48-18-6-4-5-17-47)12-8-10-29-9-7-11-34(53)19-29/h7,9,11,13-16,19-20,22-23,28,32,36-38,44,48-49,53,56H,4-6,8,10,12,17-18,21,24-27,47H2,1-3H3,(H,50,55)/t32?,36?,37?,38-,44?/m0/s1. The molecule has 0 aliphatic carbocycles. The second-order valence-corrected chi connectivity index (χ2v) is 16.6. The number of hydrogen-bond acceptors (Lipinski definition) is 9. The first kappa shape index (κ1) is 43.8. The summed E-state index contributed by atoms with van der Waals surface area (Å²) in [7, 11) is 1.54. The van der Waals surface area contributed by atoms with Crippen LogP contribution in [0.4, 0.5) is 0 Å². The SMILES string of the molecule is COc1cc(C(=O)N2CC3CN(C(=O)Cc4c[nH]c5cc(Cl)ccc45)CC(C(=O)N[C@@H](CCCc4cccc(O)c4)C(O)NCCCCCN)C3C2)ccc1OC(C)C. The number of aromatic nitrogens is 1. The highest BCUT2D eigenvalue weighted by Crippen LogP contribution is 2.38. The topological polar surface area (TPSA) is 182 Å². The number of aliphatic hydroxyl groups is 1. The molecule has 4 unspecified atom stereocenters. The number of nitrogens with zero attached hydrogens (tertiary/aromatic N) is 2. The Morgan fingerprint density at radius 2 is 1.78 bits per heavy atom. The molecule has 7 N–H and O–H groups in total. The molecule has 13 nitrogen and oxygen atoms in total. The van der Waals surface area contributed by atoms with Crippen LogP contribution >= 0.6 is 11.6 Å². The highest BCUT2D eigenvalue weighted by atomic mass is 35.5. The molecule has 0 radical (unpaired) electrons. The number of H-pyrrole nitrogens is 1. The van der Waals surface area contributed by atoms with E-state index in [0.717, 1.165) is 41.3 Å². The number of aromatic hydroxyl groups is 1. The summed E-state index contributed by atoms with van der Waals surface area (Å²) >= 11 is 6.22. The smallest absolute Gasteiger partial charge is 0.254 e. The van der Waals surface area contributed by atoms with E-state index >= 15 is 0 Å². The lowest BCUT2D eigenvalue weighted by Gasteiger charge is -2.40. The van der Waals surface area contributed by atoms with Gasteiger partial charge in [-0.25, -0.2) is 0 Å². The van der Waals surface area contributed by atoms with Gasteiger partial charge in [-0.15, -0.1) is 0 Å². The number of phenolic OH excluding ortho intramolecular Hbond substituents is 1. The summed E-state index contributed by atoms with van der Waals surface area (Å²) in [6.45, 7) is 6.28. The summed E-state index contributed by atoms with van der Waals surface area (Å²) in [4.78, 5) is 49.6. The molecule has 59 heavy (non-hydrogen) atoms. The molecule has 5 atom stereocenters. The molecular formula is C45H59ClN6O7. The van der Waals surface area contributed by atoms with Crippen LogP contribution in [0, 0.1) is 17.8 Å². The number of rotatable bonds is 19. The van der Waals surface area contributed by atoms with Crippen molar-refractivity contribution >= 4 is 40.2 Å². The number of halogens is 1. The third kappa shape index (κ3) is 11.3. The lowest BCUT2D eigenvalue weighted by molar-refractivity contribution is -0.139. The van der Waals surface area contributed by atoms with Crippen molar-refractivity contribution in [1.29, 1.82) is 0 Å². The van der Waals surface area contributed by atoms with Crippen LogP contribution in [0.1, 0.15) is 67.4 Å². The van der Waals surface area contributed by atoms with E-state index in [-0.39, 0.29) is 54.4 Å². The zero-order valence-corrected chi connectivity index (χ0v) is 35.0. The maximum Gasteiger partial charge on any atom is 0.254 e. The van der Waals surface area contributed by atoms with Gasteiger partial charge in [0.25, 0.3) is 5.91 Å². The zero-order valence-electron chi connectivity index (χ0n) is 34.3. The number of piperidine rings is 1. The van der Waals surface area contributed by atoms with Gasteiger partial charge in [0.05, 0.1) is 31.6 Å². The molecule has 3 amide bonds. The quantitative estimate of drug-likeness (QED) is 0.0543. The lowest BCUT2D eigenvalue weighted by atomic mass is 9.79. The average Bonchev–Trinajstić information content (AvgIpc) is 3.83. The van der Waals surface area contributed by atoms with E-state index in [0.29, 0.717) is 74.1 Å². The number of likely N-dealkylation sites (tertiary alicyclic amines) is 2. The van der Waals surface area contributed by atoms with Crippen LogP contribution in [0.25, 0.3) is 10.9 Å². The molecule has 318 valence electrons. The fourth-order valence-corrected chi connectivity index (χ4v) is 8.68. The molecule has 0 saturated carbocycles. The molecule has 6 rings (SSSR count). The number of aryl methyl sites for hydroxylation is 1. The number of carbonyl (C=O) groups excluding carboxylic acids is 3. The van der Waals surface area contributed by atoms with Crippen molar-refractivity contribution in [2.24, 2.45) is 23.5 Å². The first-order chi connectivity index (χ1) is 28.4. The Kier molecular flexibility index (Phi) is 15.2. The molecule has 3 aromatic carbocycles. The molecule has 14 heteroatoms. The Hall–Kier alpha value is -4.82. The van der Waals surface area contributed by atoms with Crippen molar-refractivity contribution < 1.29 is 34.1 Å². The molecule has 2 saturated heterocycles. The van der Waals surface area contributed by atoms with E-state index in [9.17, 15) is 24.6 Å². The molecule has 2 aliphatic rings. The van der Waals surface area contributed by atoms with Gasteiger partial charge in [0, 0.05) is 53.9 Å². The fourth-order valence-electron chi connectivity index (χ4n) is 8.51. The van der Waals surface area contributed by atoms with Gasteiger partial charge in [-0.3, -0.25) is 19.7 Å². The number of hydrogen-bond donors (Lipinski definition) is 6. The Morgan fingerprint density at radius 1 is 0.966 bits per heavy atom. The molecular weight excluding hydrogens is 772 g/mol. The van der Waals surface area contributed by atoms with Crippen LogP contribution in [0.3, 0.4) is 0 Å². The van der Waals surface area contributed by atoms with Gasteiger partial charge in [0.2, 0.25) is 11.8 Å². The predicted molar refractivity (Wildman–Crippen MR) is 229 cm³/mol. The number of aromatic amines is 1. The van der Waals surface area contributed by atoms with Crippen molar-refractivity contribution in [3.63, 3.8) is 0 Å². The third-order valence-corrected chi connectivity index (χ3v) is 11.8. The Balaban J connectivity index is 1.22. The second kappa shape index (κ2) is 20.4. The zero-order chi connectivity index (χ0) is 42.1. The molecule has 2 aliphatic heterocycles. The first-order valence-corrected chi connectivity index (χ1v) is 21.2. The van der Waals surface area contributed by atoms with E-state index < -0.39 is 18.2 Å². The van der Waals surface area contributed by atoms with E-state index in [2.05, 4.69) is 15.6 Å². The third-order valence-electron chi connectivity index (χ3n) is 11.5. The van der Waals surface area contributed by atoms with Crippen LogP contribution in [0.2, 0.25) is 5.02 Å². The largest absolute Gasteiger partial charge is 0.508 e. The predicted octanol–water partition coefficient (Wildman–Crippen LogP) is 5.26. The van der Waals surface area contributed by atoms with E-state index in [1.807, 2.05) is 38.2 Å². The summed E-state index contributed by atoms with van der Waals surface area (Å²) in [6, 6.07) is 17.1. The summed E-state index contributed by atoms with van der Waals surface area (Å²) in [6.07, 6.45) is 5.25. The van der Waals surface area contributed by atoms with Crippen molar-refractivity contribution in [2.45, 2.75) is 77.2 Å². The van der Waals surface area contributed by atoms with Gasteiger partial charge in [-0.05, 0) is 124 Å². The highest BCUT2D eigenvalue weighted by Gasteiger charge is 2.48. The van der Waals surface area contributed by atoms with Crippen LogP contribution in [-0.4, -0.2) is 107 Å². The Bertz CT molecular complexity index is 2060. The van der Waals surface area contributed by atoms with Crippen LogP contribution < -0.4 is 25.8 Å². The summed E-state index contributed by atoms with van der Waals surface area (Å²) in [5, 5.41) is 29.3. The number of ether oxygens (including phenoxy) is 2. The number of aliphatic hydroxyl groups excluding tert-OH is 1. The van der Waals surface area contributed by atoms with Gasteiger partial charge < -0.3 is 45.5 Å². The van der Waals surface area contributed by atoms with Crippen molar-refractivity contribution in [3.05, 3.63) is 88.6 Å². The van der Waals surface area contributed by atoms with E-state index in [4.69, 9.17) is 26.8 Å². The van der Waals surface area contributed by atoms with E-state index in [1.54, 1.807) is 52.3 Å². The number of benzene rings is 3. The molecule has 4 aromatic rings. The number of nitrogens with one attached hydrogen (secondary N) is 3. The van der Waals surface area contributed by atoms with Gasteiger partial charge in [-0.2, -0.15) is 0 Å². The normalized spacial score (nSPS) is 18.8. The van der Waals surface area contributed by atoms with Gasteiger partial charge in [0.15, 0.2) is 11.5 Å². The van der Waals surface area contributed by atoms with E-state index in [1.165, 1.54) is 7.11 Å². The minimum atomic E-state index is -1.02. The number of nitrogens with two attached hydrogens (primary N) is 1. The fraction of sp³-hybridized carbons (Fsp3) is 0.489. The van der Waals surface area contributed by atoms with Crippen molar-refractivity contribution in [3.8, 4) is 17.2 Å². The highest BCUT2D eigenvalue weighted by molar-refractivity contribution is 6.31. The number of fused-ring (bicyclic) bond motifs is 2. The van der Waals surface area contributed by atoms with Crippen LogP contribution in [0.15, 0.2) is 66.9 Å². The number of phenols is 1. The van der Waals surface area contributed by atoms with Crippen molar-refractivity contribution in [1.82, 2.24) is 25.4 Å². The Labute approximate surface area is 351 Å². The maximum absolute atomic E-state index is 14.6. The van der Waals surface area contributed by atoms with Gasteiger partial charge in [0.1, 0.15) is 12.0 Å². The molecule has 2 fully saturated rings. The monoisotopic (exact) mass is 830 g/mol. The van der Waals surface area contributed by atoms with Crippen molar-refractivity contribution in [2.75, 3.05) is 46.4 Å². The minimum Gasteiger partial charge on any atom is -0.508 e. The molecule has 3 heterocycles. The van der Waals surface area contributed by atoms with Crippen LogP contribution in [-0.2, 0) is 22.4 Å². The number of carbonyl (C=O) groups is 3. The average molecular weight is 831 g/mol. The maximum atomic E-state index is 14.6. The number of unbranched alkanes of at least 4 members (excludes halogenated alkanes) is 2. The molecule has 0 spiro atoms. The molecule has 0 bridgehead atoms. The minimum absolute atomic E-state index is 0.0773. The lowest BCUT2D eigenvalue weighted by Crippen LogP contribution is -2.57. The molecule has 1 aromatic heterocycles. The van der Waals surface area contributed by atoms with Gasteiger partial charge >= 0.3 is 0 Å². The summed E-state index contributed by atoms with van der Waals surface area (Å²) < 4.78 is 11.4. The first-order valence-electron chi connectivity index (χ1n) is 20.8.